The number of rotatable bonds is 2. The van der Waals surface area contributed by atoms with Crippen molar-refractivity contribution in [2.24, 2.45) is 0 Å². The third-order valence-corrected chi connectivity index (χ3v) is 2.41. The topological polar surface area (TPSA) is 43.4 Å². The molecule has 0 aliphatic heterocycles. The van der Waals surface area contributed by atoms with E-state index in [1.165, 1.54) is 5.56 Å². The Balaban J connectivity index is 0.000000377. The van der Waals surface area contributed by atoms with Gasteiger partial charge in [-0.3, -0.25) is 0 Å². The van der Waals surface area contributed by atoms with Crippen molar-refractivity contribution in [1.82, 2.24) is 0 Å². The van der Waals surface area contributed by atoms with E-state index in [-0.39, 0.29) is 12.6 Å². The van der Waals surface area contributed by atoms with E-state index in [1.54, 1.807) is 12.1 Å². The zero-order chi connectivity index (χ0) is 16.1. The molecule has 0 radical (unpaired) electrons. The Labute approximate surface area is 134 Å². The number of esters is 1. The van der Waals surface area contributed by atoms with Crippen LogP contribution in [-0.2, 0) is 24.3 Å². The third-order valence-electron chi connectivity index (χ3n) is 2.41. The summed E-state index contributed by atoms with van der Waals surface area (Å²) in [7, 11) is 0. The number of carbonyl (C=O) groups is 1. The normalized spacial score (nSPS) is 8.57. The minimum atomic E-state index is -0.315. The van der Waals surface area contributed by atoms with Crippen molar-refractivity contribution < 1.29 is 29.1 Å². The first-order valence-electron chi connectivity index (χ1n) is 6.23. The fourth-order valence-corrected chi connectivity index (χ4v) is 1.34. The Morgan fingerprint density at radius 1 is 1.05 bits per heavy atom. The Morgan fingerprint density at radius 2 is 1.52 bits per heavy atom. The molecule has 0 N–H and O–H groups in total. The van der Waals surface area contributed by atoms with E-state index in [0.29, 0.717) is 5.56 Å². The van der Waals surface area contributed by atoms with Crippen LogP contribution >= 0.6 is 0 Å². The first-order valence-corrected chi connectivity index (χ1v) is 6.65. The predicted octanol–water partition coefficient (Wildman–Crippen LogP) is 3.66. The average molecular weight is 329 g/mol. The van der Waals surface area contributed by atoms with Crippen LogP contribution in [0.4, 0.5) is 0 Å². The van der Waals surface area contributed by atoms with Crippen LogP contribution in [-0.4, -0.2) is 12.6 Å². The number of hydrogen-bond acceptors (Lipinski definition) is 3. The standard InChI is InChI=1S/C10H11O2.C7H7.Co.O/c1-3-12-10(11)9-6-4-8(2)5-7-9;1-7-5-3-2-4-6-7;;/h4-7H,1,3H2,2H3;3-6H,1H3;;/q2*-1;;. The van der Waals surface area contributed by atoms with Crippen molar-refractivity contribution in [2.75, 3.05) is 6.61 Å². The van der Waals surface area contributed by atoms with Crippen LogP contribution in [0.15, 0.2) is 48.5 Å². The molecule has 21 heavy (non-hydrogen) atoms. The SMILES string of the molecule is Cc1cc[c-]cc1.[CH2-]COC(=O)c1ccc(C)cc1.[O]=[Co]. The molecule has 115 valence electrons. The van der Waals surface area contributed by atoms with Gasteiger partial charge in [0, 0.05) is 0 Å². The fraction of sp³-hybridized carbons (Fsp3) is 0.176. The molecule has 2 rings (SSSR count). The van der Waals surface area contributed by atoms with Gasteiger partial charge in [0.25, 0.3) is 0 Å². The molecule has 4 heteroatoms. The zero-order valence-corrected chi connectivity index (χ0v) is 13.1. The van der Waals surface area contributed by atoms with E-state index in [2.05, 4.69) is 35.6 Å². The van der Waals surface area contributed by atoms with Crippen molar-refractivity contribution in [2.45, 2.75) is 13.8 Å². The van der Waals surface area contributed by atoms with Crippen LogP contribution in [0, 0.1) is 26.8 Å². The molecule has 0 bridgehead atoms. The van der Waals surface area contributed by atoms with Gasteiger partial charge in [0.1, 0.15) is 0 Å². The van der Waals surface area contributed by atoms with Crippen molar-refractivity contribution in [1.29, 1.82) is 0 Å². The summed E-state index contributed by atoms with van der Waals surface area (Å²) in [5.41, 5.74) is 2.99. The quantitative estimate of drug-likeness (QED) is 0.624. The van der Waals surface area contributed by atoms with Crippen LogP contribution in [0.2, 0.25) is 0 Å². The van der Waals surface area contributed by atoms with Crippen molar-refractivity contribution in [3.8, 4) is 0 Å². The van der Waals surface area contributed by atoms with Gasteiger partial charge in [-0.25, -0.2) is 4.79 Å². The molecule has 0 aliphatic rings. The summed E-state index contributed by atoms with van der Waals surface area (Å²) in [4.78, 5) is 11.1. The van der Waals surface area contributed by atoms with Crippen LogP contribution in [0.25, 0.3) is 0 Å². The second-order valence-electron chi connectivity index (χ2n) is 4.08. The molecule has 0 amide bonds. The maximum absolute atomic E-state index is 11.1. The molecule has 0 aromatic heterocycles. The summed E-state index contributed by atoms with van der Waals surface area (Å²) < 4.78 is 12.7. The summed E-state index contributed by atoms with van der Waals surface area (Å²) in [5, 5.41) is 0. The third kappa shape index (κ3) is 8.89. The van der Waals surface area contributed by atoms with E-state index >= 15 is 0 Å². The van der Waals surface area contributed by atoms with E-state index in [0.717, 1.165) is 5.56 Å². The Kier molecular flexibility index (Phi) is 11.0. The summed E-state index contributed by atoms with van der Waals surface area (Å²) >= 11 is 2.31. The monoisotopic (exact) mass is 329 g/mol. The summed E-state index contributed by atoms with van der Waals surface area (Å²) in [6.45, 7) is 7.63. The molecule has 0 aliphatic carbocycles. The van der Waals surface area contributed by atoms with E-state index in [1.807, 2.05) is 43.3 Å². The molecule has 0 spiro atoms. The number of benzene rings is 2. The number of aryl methyl sites for hydroxylation is 2. The molecule has 3 nitrogen and oxygen atoms in total. The van der Waals surface area contributed by atoms with Crippen molar-refractivity contribution in [3.05, 3.63) is 78.2 Å². The number of carbonyl (C=O) groups excluding carboxylic acids is 1. The Bertz CT molecular complexity index is 509. The van der Waals surface area contributed by atoms with Gasteiger partial charge in [0.15, 0.2) is 0 Å². The molecule has 2 aromatic rings. The zero-order valence-electron chi connectivity index (χ0n) is 12.1. The van der Waals surface area contributed by atoms with Crippen molar-refractivity contribution >= 4 is 5.97 Å². The molecular formula is C17H18CoO3-2. The van der Waals surface area contributed by atoms with Gasteiger partial charge in [-0.15, -0.1) is 0 Å². The van der Waals surface area contributed by atoms with E-state index in [4.69, 9.17) is 8.60 Å². The first kappa shape index (κ1) is 19.2. The molecule has 2 aromatic carbocycles. The molecule has 0 unspecified atom stereocenters. The molecule has 0 heterocycles. The van der Waals surface area contributed by atoms with Crippen LogP contribution in [0.1, 0.15) is 21.5 Å². The van der Waals surface area contributed by atoms with Gasteiger partial charge in [-0.05, 0) is 25.7 Å². The molecule has 0 atom stereocenters. The average Bonchev–Trinajstić information content (AvgIpc) is 2.51. The van der Waals surface area contributed by atoms with Gasteiger partial charge >= 0.3 is 25.5 Å². The van der Waals surface area contributed by atoms with Gasteiger partial charge in [-0.2, -0.15) is 35.9 Å². The minimum absolute atomic E-state index is 0.173. The van der Waals surface area contributed by atoms with Gasteiger partial charge in [0.05, 0.1) is 5.56 Å². The fourth-order valence-electron chi connectivity index (χ4n) is 1.34. The van der Waals surface area contributed by atoms with Gasteiger partial charge in [0.2, 0.25) is 0 Å². The first-order chi connectivity index (χ1) is 10.1. The summed E-state index contributed by atoms with van der Waals surface area (Å²) in [6.07, 6.45) is 0. The van der Waals surface area contributed by atoms with Crippen LogP contribution < -0.4 is 0 Å². The predicted molar refractivity (Wildman–Crippen MR) is 77.5 cm³/mol. The van der Waals surface area contributed by atoms with Crippen LogP contribution in [0.5, 0.6) is 0 Å². The van der Waals surface area contributed by atoms with Crippen molar-refractivity contribution in [3.63, 3.8) is 0 Å². The summed E-state index contributed by atoms with van der Waals surface area (Å²) in [5.74, 6) is -0.315. The molecule has 0 saturated carbocycles. The molecule has 0 saturated heterocycles. The van der Waals surface area contributed by atoms with Gasteiger partial charge < -0.3 is 11.7 Å². The van der Waals surface area contributed by atoms with Crippen LogP contribution in [0.3, 0.4) is 0 Å². The number of hydrogen-bond donors (Lipinski definition) is 0. The Morgan fingerprint density at radius 3 is 1.90 bits per heavy atom. The summed E-state index contributed by atoms with van der Waals surface area (Å²) in [6, 6.07) is 18.0. The molecular weight excluding hydrogens is 311 g/mol. The van der Waals surface area contributed by atoms with E-state index < -0.39 is 0 Å². The second kappa shape index (κ2) is 12.0. The Hall–Kier alpha value is -1.78. The number of ether oxygens (including phenoxy) is 1. The second-order valence-corrected chi connectivity index (χ2v) is 4.08. The van der Waals surface area contributed by atoms with E-state index in [9.17, 15) is 4.79 Å². The maximum atomic E-state index is 11.1. The van der Waals surface area contributed by atoms with Gasteiger partial charge in [-0.1, -0.05) is 24.6 Å². The molecule has 0 fully saturated rings.